The molecule has 0 amide bonds. The fourth-order valence-corrected chi connectivity index (χ4v) is 1.84. The second-order valence-corrected chi connectivity index (χ2v) is 4.49. The first kappa shape index (κ1) is 15.3. The zero-order chi connectivity index (χ0) is 15.6. The van der Waals surface area contributed by atoms with Crippen molar-refractivity contribution >= 4 is 0 Å². The molecule has 0 saturated heterocycles. The Morgan fingerprint density at radius 2 is 1.67 bits per heavy atom. The molecule has 2 aromatic rings. The lowest BCUT2D eigenvalue weighted by molar-refractivity contribution is -0.138. The summed E-state index contributed by atoms with van der Waals surface area (Å²) in [6.45, 7) is 0.809. The molecule has 0 aromatic heterocycles. The molecule has 0 aliphatic heterocycles. The molecular formula is C15H12F4O2. The smallest absolute Gasteiger partial charge is 0.416 e. The van der Waals surface area contributed by atoms with Crippen molar-refractivity contribution in [2.45, 2.75) is 19.7 Å². The molecule has 1 N–H and O–H groups in total. The quantitative estimate of drug-likeness (QED) is 0.849. The second-order valence-electron chi connectivity index (χ2n) is 4.49. The zero-order valence-corrected chi connectivity index (χ0v) is 11.0. The number of aliphatic hydroxyl groups excluding tert-OH is 1. The van der Waals surface area contributed by atoms with E-state index in [-0.39, 0.29) is 17.1 Å². The van der Waals surface area contributed by atoms with Crippen LogP contribution in [0.2, 0.25) is 0 Å². The molecule has 0 radical (unpaired) electrons. The number of benzene rings is 2. The van der Waals surface area contributed by atoms with Crippen LogP contribution in [0.5, 0.6) is 11.5 Å². The maximum absolute atomic E-state index is 13.1. The first-order chi connectivity index (χ1) is 9.81. The topological polar surface area (TPSA) is 29.5 Å². The molecule has 21 heavy (non-hydrogen) atoms. The van der Waals surface area contributed by atoms with E-state index in [1.165, 1.54) is 31.2 Å². The first-order valence-corrected chi connectivity index (χ1v) is 6.06. The van der Waals surface area contributed by atoms with Crippen LogP contribution in [0.3, 0.4) is 0 Å². The minimum absolute atomic E-state index is 0.0365. The summed E-state index contributed by atoms with van der Waals surface area (Å²) in [4.78, 5) is 0. The Morgan fingerprint density at radius 3 is 2.24 bits per heavy atom. The maximum Gasteiger partial charge on any atom is 0.416 e. The van der Waals surface area contributed by atoms with Crippen molar-refractivity contribution < 1.29 is 27.4 Å². The van der Waals surface area contributed by atoms with Crippen LogP contribution in [0.25, 0.3) is 0 Å². The average Bonchev–Trinajstić information content (AvgIpc) is 2.42. The van der Waals surface area contributed by atoms with E-state index in [1.807, 2.05) is 0 Å². The number of ether oxygens (including phenoxy) is 1. The van der Waals surface area contributed by atoms with Crippen LogP contribution < -0.4 is 4.74 Å². The summed E-state index contributed by atoms with van der Waals surface area (Å²) in [5.41, 5.74) is -0.859. The van der Waals surface area contributed by atoms with Gasteiger partial charge in [0.15, 0.2) is 0 Å². The van der Waals surface area contributed by atoms with Crippen molar-refractivity contribution in [1.82, 2.24) is 0 Å². The van der Waals surface area contributed by atoms with Crippen LogP contribution >= 0.6 is 0 Å². The van der Waals surface area contributed by atoms with Crippen molar-refractivity contribution in [2.24, 2.45) is 0 Å². The number of aliphatic hydroxyl groups is 1. The summed E-state index contributed by atoms with van der Waals surface area (Å²) in [5, 5.41) is 8.95. The van der Waals surface area contributed by atoms with Crippen LogP contribution in [0.4, 0.5) is 17.6 Å². The van der Waals surface area contributed by atoms with Crippen molar-refractivity contribution in [1.29, 1.82) is 0 Å². The van der Waals surface area contributed by atoms with Crippen molar-refractivity contribution in [2.75, 3.05) is 0 Å². The van der Waals surface area contributed by atoms with E-state index in [1.54, 1.807) is 0 Å². The van der Waals surface area contributed by atoms with Gasteiger partial charge in [-0.3, -0.25) is 0 Å². The Kier molecular flexibility index (Phi) is 4.18. The van der Waals surface area contributed by atoms with Gasteiger partial charge >= 0.3 is 6.18 Å². The van der Waals surface area contributed by atoms with Gasteiger partial charge in [0.05, 0.1) is 12.2 Å². The van der Waals surface area contributed by atoms with Gasteiger partial charge in [-0.25, -0.2) is 4.39 Å². The van der Waals surface area contributed by atoms with E-state index in [9.17, 15) is 17.6 Å². The molecule has 2 aromatic carbocycles. The highest BCUT2D eigenvalue weighted by atomic mass is 19.4. The van der Waals surface area contributed by atoms with Crippen LogP contribution in [0.15, 0.2) is 36.4 Å². The van der Waals surface area contributed by atoms with Crippen molar-refractivity contribution in [3.63, 3.8) is 0 Å². The molecule has 0 aliphatic carbocycles. The van der Waals surface area contributed by atoms with Gasteiger partial charge in [0.1, 0.15) is 17.3 Å². The van der Waals surface area contributed by atoms with Gasteiger partial charge in [0.2, 0.25) is 0 Å². The standard InChI is InChI=1S/C15H12F4O2/c1-9-6-11(4-5-14(9)16)21-12-3-2-10(8-20)13(7-12)15(17,18)19/h2-7,20H,8H2,1H3. The Morgan fingerprint density at radius 1 is 1.05 bits per heavy atom. The van der Waals surface area contributed by atoms with Crippen LogP contribution in [0, 0.1) is 12.7 Å². The molecule has 0 spiro atoms. The molecule has 6 heteroatoms. The molecule has 2 rings (SSSR count). The monoisotopic (exact) mass is 300 g/mol. The zero-order valence-electron chi connectivity index (χ0n) is 11.0. The van der Waals surface area contributed by atoms with E-state index < -0.39 is 24.2 Å². The molecule has 0 heterocycles. The summed E-state index contributed by atoms with van der Waals surface area (Å²) in [7, 11) is 0. The third kappa shape index (κ3) is 3.52. The van der Waals surface area contributed by atoms with E-state index >= 15 is 0 Å². The second kappa shape index (κ2) is 5.73. The fourth-order valence-electron chi connectivity index (χ4n) is 1.84. The molecule has 0 unspecified atom stereocenters. The highest BCUT2D eigenvalue weighted by Crippen LogP contribution is 2.35. The van der Waals surface area contributed by atoms with Crippen molar-refractivity contribution in [3.05, 3.63) is 58.9 Å². The SMILES string of the molecule is Cc1cc(Oc2ccc(CO)c(C(F)(F)F)c2)ccc1F. The van der Waals surface area contributed by atoms with Gasteiger partial charge in [-0.05, 0) is 48.4 Å². The largest absolute Gasteiger partial charge is 0.457 e. The normalized spacial score (nSPS) is 11.5. The van der Waals surface area contributed by atoms with Gasteiger partial charge in [-0.2, -0.15) is 13.2 Å². The number of aryl methyl sites for hydroxylation is 1. The predicted molar refractivity (Wildman–Crippen MR) is 68.6 cm³/mol. The minimum atomic E-state index is -4.59. The lowest BCUT2D eigenvalue weighted by Crippen LogP contribution is -2.09. The number of hydrogen-bond acceptors (Lipinski definition) is 2. The van der Waals surface area contributed by atoms with Gasteiger partial charge < -0.3 is 9.84 Å². The molecule has 0 bridgehead atoms. The van der Waals surface area contributed by atoms with Gasteiger partial charge in [-0.1, -0.05) is 6.07 Å². The van der Waals surface area contributed by atoms with Gasteiger partial charge in [0.25, 0.3) is 0 Å². The molecule has 0 atom stereocenters. The third-order valence-corrected chi connectivity index (χ3v) is 2.92. The predicted octanol–water partition coefficient (Wildman–Crippen LogP) is 4.44. The Balaban J connectivity index is 2.34. The Bertz CT molecular complexity index is 651. The van der Waals surface area contributed by atoms with E-state index in [0.29, 0.717) is 5.56 Å². The number of halogens is 4. The van der Waals surface area contributed by atoms with E-state index in [2.05, 4.69) is 0 Å². The van der Waals surface area contributed by atoms with Gasteiger partial charge in [-0.15, -0.1) is 0 Å². The maximum atomic E-state index is 13.1. The third-order valence-electron chi connectivity index (χ3n) is 2.92. The molecule has 0 saturated carbocycles. The molecule has 0 fully saturated rings. The summed E-state index contributed by atoms with van der Waals surface area (Å²) in [6.07, 6.45) is -4.59. The van der Waals surface area contributed by atoms with Crippen LogP contribution in [0.1, 0.15) is 16.7 Å². The Labute approximate surface area is 118 Å². The number of hydrogen-bond donors (Lipinski definition) is 1. The van der Waals surface area contributed by atoms with Crippen molar-refractivity contribution in [3.8, 4) is 11.5 Å². The molecule has 2 nitrogen and oxygen atoms in total. The lowest BCUT2D eigenvalue weighted by Gasteiger charge is -2.14. The summed E-state index contributed by atoms with van der Waals surface area (Å²) in [6, 6.07) is 7.17. The first-order valence-electron chi connectivity index (χ1n) is 6.06. The highest BCUT2D eigenvalue weighted by molar-refractivity contribution is 5.40. The van der Waals surface area contributed by atoms with Crippen LogP contribution in [-0.4, -0.2) is 5.11 Å². The van der Waals surface area contributed by atoms with E-state index in [0.717, 1.165) is 12.1 Å². The van der Waals surface area contributed by atoms with E-state index in [4.69, 9.17) is 9.84 Å². The number of alkyl halides is 3. The number of rotatable bonds is 3. The minimum Gasteiger partial charge on any atom is -0.457 e. The molecular weight excluding hydrogens is 288 g/mol. The van der Waals surface area contributed by atoms with Crippen LogP contribution in [-0.2, 0) is 12.8 Å². The lowest BCUT2D eigenvalue weighted by atomic mass is 10.1. The summed E-state index contributed by atoms with van der Waals surface area (Å²) >= 11 is 0. The average molecular weight is 300 g/mol. The fraction of sp³-hybridized carbons (Fsp3) is 0.200. The molecule has 112 valence electrons. The highest BCUT2D eigenvalue weighted by Gasteiger charge is 2.33. The molecule has 0 aliphatic rings. The summed E-state index contributed by atoms with van der Waals surface area (Å²) < 4.78 is 57.0. The van der Waals surface area contributed by atoms with Gasteiger partial charge in [0, 0.05) is 0 Å². The Hall–Kier alpha value is -2.08. The summed E-state index contributed by atoms with van der Waals surface area (Å²) in [5.74, 6) is -0.224.